The molecule has 0 bridgehead atoms. The molecule has 0 amide bonds. The standard InChI is InChI=1S/C5H12N.2BrH.Sn/c1-2-3-4-5-6;;;/h2H,3-6H2,1H3;2*1H;. The second-order valence-electron chi connectivity index (χ2n) is 1.83. The summed E-state index contributed by atoms with van der Waals surface area (Å²) < 4.78 is 0.913. The van der Waals surface area contributed by atoms with E-state index in [1.54, 1.807) is 22.5 Å². The average Bonchev–Trinajstić information content (AvgIpc) is 1.61. The van der Waals surface area contributed by atoms with Crippen molar-refractivity contribution in [2.75, 3.05) is 6.54 Å². The fraction of sp³-hybridized carbons (Fsp3) is 1.00. The SMILES string of the molecule is Br.Br.C[CH]([Sn])CCCN. The minimum absolute atomic E-state index is 0. The third-order valence-corrected chi connectivity index (χ3v) is 1.67. The van der Waals surface area contributed by atoms with Crippen molar-refractivity contribution in [3.05, 3.63) is 0 Å². The summed E-state index contributed by atoms with van der Waals surface area (Å²) in [6.07, 6.45) is 2.52. The number of rotatable bonds is 3. The fourth-order valence-corrected chi connectivity index (χ4v) is 1.01. The Balaban J connectivity index is -0.000000180. The van der Waals surface area contributed by atoms with Crippen LogP contribution < -0.4 is 5.73 Å². The van der Waals surface area contributed by atoms with Crippen LogP contribution in [0.15, 0.2) is 0 Å². The zero-order chi connectivity index (χ0) is 5.70. The first kappa shape index (κ1) is 17.0. The van der Waals surface area contributed by atoms with Gasteiger partial charge in [-0.3, -0.25) is 0 Å². The number of halogens is 2. The van der Waals surface area contributed by atoms with Crippen LogP contribution in [0.25, 0.3) is 0 Å². The monoisotopic (exact) mass is 366 g/mol. The van der Waals surface area contributed by atoms with Gasteiger partial charge < -0.3 is 0 Å². The van der Waals surface area contributed by atoms with Crippen LogP contribution in [-0.2, 0) is 0 Å². The molecule has 0 aromatic carbocycles. The Labute approximate surface area is 91.8 Å². The van der Waals surface area contributed by atoms with Crippen LogP contribution in [0.3, 0.4) is 0 Å². The molecule has 57 valence electrons. The second-order valence-corrected chi connectivity index (χ2v) is 4.64. The molecule has 1 atom stereocenters. The number of hydrogen-bond donors (Lipinski definition) is 1. The van der Waals surface area contributed by atoms with Gasteiger partial charge in [0.2, 0.25) is 0 Å². The first-order valence-corrected chi connectivity index (χ1v) is 4.33. The molecule has 0 saturated carbocycles. The minimum atomic E-state index is 0. The maximum absolute atomic E-state index is 5.29. The molecule has 0 aliphatic carbocycles. The van der Waals surface area contributed by atoms with Crippen LogP contribution in [0.2, 0.25) is 3.93 Å². The van der Waals surface area contributed by atoms with Crippen LogP contribution in [-0.4, -0.2) is 29.1 Å². The normalized spacial score (nSPS) is 11.0. The topological polar surface area (TPSA) is 26.0 Å². The van der Waals surface area contributed by atoms with E-state index in [0.29, 0.717) is 0 Å². The Bertz CT molecular complexity index is 43.9. The van der Waals surface area contributed by atoms with E-state index in [4.69, 9.17) is 5.73 Å². The van der Waals surface area contributed by atoms with Crippen molar-refractivity contribution in [1.82, 2.24) is 0 Å². The molecule has 0 spiro atoms. The molecule has 0 aromatic rings. The third-order valence-electron chi connectivity index (χ3n) is 0.841. The van der Waals surface area contributed by atoms with E-state index in [2.05, 4.69) is 6.92 Å². The van der Waals surface area contributed by atoms with Crippen molar-refractivity contribution in [2.24, 2.45) is 5.73 Å². The Morgan fingerprint density at radius 3 is 2.00 bits per heavy atom. The molecule has 0 fully saturated rings. The molecule has 0 rings (SSSR count). The number of hydrogen-bond acceptors (Lipinski definition) is 1. The average molecular weight is 367 g/mol. The summed E-state index contributed by atoms with van der Waals surface area (Å²) in [6, 6.07) is 0. The maximum atomic E-state index is 5.29. The van der Waals surface area contributed by atoms with Gasteiger partial charge in [-0.25, -0.2) is 0 Å². The molecule has 0 aromatic heterocycles. The Hall–Kier alpha value is 1.72. The van der Waals surface area contributed by atoms with Crippen molar-refractivity contribution in [2.45, 2.75) is 23.7 Å². The van der Waals surface area contributed by atoms with Gasteiger partial charge in [-0.15, -0.1) is 34.0 Å². The van der Waals surface area contributed by atoms with Crippen LogP contribution in [0, 0.1) is 0 Å². The Morgan fingerprint density at radius 2 is 1.89 bits per heavy atom. The van der Waals surface area contributed by atoms with E-state index in [-0.39, 0.29) is 34.0 Å². The molecule has 2 N–H and O–H groups in total. The van der Waals surface area contributed by atoms with E-state index >= 15 is 0 Å². The zero-order valence-corrected chi connectivity index (χ0v) is 11.9. The molecule has 3 radical (unpaired) electrons. The van der Waals surface area contributed by atoms with Crippen molar-refractivity contribution < 1.29 is 0 Å². The van der Waals surface area contributed by atoms with Crippen molar-refractivity contribution in [3.63, 3.8) is 0 Å². The Kier molecular flexibility index (Phi) is 23.4. The van der Waals surface area contributed by atoms with Gasteiger partial charge in [-0.05, 0) is 0 Å². The predicted molar refractivity (Wildman–Crippen MR) is 54.1 cm³/mol. The molecule has 0 aliphatic heterocycles. The Morgan fingerprint density at radius 1 is 1.44 bits per heavy atom. The summed E-state index contributed by atoms with van der Waals surface area (Å²) in [7, 11) is 0. The van der Waals surface area contributed by atoms with Crippen LogP contribution >= 0.6 is 34.0 Å². The van der Waals surface area contributed by atoms with Gasteiger partial charge >= 0.3 is 58.5 Å². The van der Waals surface area contributed by atoms with E-state index in [1.165, 1.54) is 12.8 Å². The van der Waals surface area contributed by atoms with Crippen LogP contribution in [0.1, 0.15) is 19.8 Å². The molecule has 1 unspecified atom stereocenters. The van der Waals surface area contributed by atoms with E-state index in [1.807, 2.05) is 0 Å². The molecule has 4 heteroatoms. The quantitative estimate of drug-likeness (QED) is 0.758. The number of nitrogens with two attached hydrogens (primary N) is 1. The van der Waals surface area contributed by atoms with Gasteiger partial charge in [0.05, 0.1) is 0 Å². The summed E-state index contributed by atoms with van der Waals surface area (Å²) in [5.74, 6) is 0. The van der Waals surface area contributed by atoms with Gasteiger partial charge in [0.1, 0.15) is 0 Å². The molecule has 0 saturated heterocycles. The van der Waals surface area contributed by atoms with Crippen LogP contribution in [0.5, 0.6) is 0 Å². The predicted octanol–water partition coefficient (Wildman–Crippen LogP) is 1.86. The van der Waals surface area contributed by atoms with Gasteiger partial charge in [0, 0.05) is 0 Å². The zero-order valence-electron chi connectivity index (χ0n) is 5.59. The second kappa shape index (κ2) is 12.4. The van der Waals surface area contributed by atoms with Crippen molar-refractivity contribution in [3.8, 4) is 0 Å². The molecular formula is C5H14Br2NSn. The van der Waals surface area contributed by atoms with Gasteiger partial charge in [-0.2, -0.15) is 0 Å². The molecular weight excluding hydrogens is 353 g/mol. The van der Waals surface area contributed by atoms with Crippen molar-refractivity contribution in [1.29, 1.82) is 0 Å². The van der Waals surface area contributed by atoms with E-state index in [0.717, 1.165) is 10.5 Å². The summed E-state index contributed by atoms with van der Waals surface area (Å²) in [4.78, 5) is 0. The first-order valence-electron chi connectivity index (χ1n) is 2.68. The molecule has 9 heavy (non-hydrogen) atoms. The summed E-state index contributed by atoms with van der Waals surface area (Å²) in [6.45, 7) is 3.12. The van der Waals surface area contributed by atoms with E-state index in [9.17, 15) is 0 Å². The summed E-state index contributed by atoms with van der Waals surface area (Å²) in [5.41, 5.74) is 5.29. The first-order chi connectivity index (χ1) is 3.27. The molecule has 1 nitrogen and oxygen atoms in total. The van der Waals surface area contributed by atoms with Gasteiger partial charge in [0.15, 0.2) is 0 Å². The molecule has 0 heterocycles. The van der Waals surface area contributed by atoms with Crippen molar-refractivity contribution >= 4 is 56.5 Å². The fourth-order valence-electron chi connectivity index (χ4n) is 0.424. The van der Waals surface area contributed by atoms with Gasteiger partial charge in [-0.1, -0.05) is 0 Å². The summed E-state index contributed by atoms with van der Waals surface area (Å²) >= 11 is 1.64. The van der Waals surface area contributed by atoms with E-state index < -0.39 is 0 Å². The van der Waals surface area contributed by atoms with Crippen LogP contribution in [0.4, 0.5) is 0 Å². The third kappa shape index (κ3) is 17.7. The van der Waals surface area contributed by atoms with Gasteiger partial charge in [0.25, 0.3) is 0 Å². The molecule has 0 aliphatic rings. The summed E-state index contributed by atoms with van der Waals surface area (Å²) in [5, 5.41) is 0.